The van der Waals surface area contributed by atoms with E-state index < -0.39 is 0 Å². The molecular formula is C19H22ClIN4O. The van der Waals surface area contributed by atoms with Gasteiger partial charge in [-0.05, 0) is 35.9 Å². The second kappa shape index (κ2) is 9.68. The Kier molecular flexibility index (Phi) is 7.59. The van der Waals surface area contributed by atoms with Crippen molar-refractivity contribution in [3.63, 3.8) is 0 Å². The van der Waals surface area contributed by atoms with E-state index in [4.69, 9.17) is 22.1 Å². The first kappa shape index (κ1) is 20.4. The number of guanidine groups is 1. The predicted octanol–water partition coefficient (Wildman–Crippen LogP) is 4.27. The quantitative estimate of drug-likeness (QED) is 0.288. The van der Waals surface area contributed by atoms with E-state index in [1.165, 1.54) is 5.69 Å². The van der Waals surface area contributed by atoms with Crippen LogP contribution in [0.5, 0.6) is 5.75 Å². The molecule has 2 aromatic carbocycles. The van der Waals surface area contributed by atoms with E-state index in [1.807, 2.05) is 18.2 Å². The van der Waals surface area contributed by atoms with Gasteiger partial charge in [-0.2, -0.15) is 0 Å². The average Bonchev–Trinajstić information content (AvgIpc) is 3.15. The van der Waals surface area contributed by atoms with E-state index in [0.717, 1.165) is 24.3 Å². The number of methoxy groups -OCH3 is 1. The van der Waals surface area contributed by atoms with Crippen LogP contribution in [0, 0.1) is 0 Å². The number of benzene rings is 2. The molecule has 1 aliphatic rings. The van der Waals surface area contributed by atoms with Crippen molar-refractivity contribution in [3.8, 4) is 5.75 Å². The fraction of sp³-hybridized carbons (Fsp3) is 0.211. The maximum absolute atomic E-state index is 6.11. The molecule has 2 aromatic rings. The molecule has 0 fully saturated rings. The lowest BCUT2D eigenvalue weighted by molar-refractivity contribution is 0.415. The minimum absolute atomic E-state index is 0. The minimum atomic E-state index is 0. The van der Waals surface area contributed by atoms with Crippen molar-refractivity contribution in [1.29, 1.82) is 0 Å². The van der Waals surface area contributed by atoms with Crippen LogP contribution in [-0.4, -0.2) is 26.2 Å². The summed E-state index contributed by atoms with van der Waals surface area (Å²) in [6.45, 7) is 2.42. The Bertz CT molecular complexity index is 802. The van der Waals surface area contributed by atoms with Crippen LogP contribution in [0.4, 0.5) is 11.4 Å². The van der Waals surface area contributed by atoms with Gasteiger partial charge in [0.15, 0.2) is 5.96 Å². The number of ether oxygens (including phenoxy) is 1. The summed E-state index contributed by atoms with van der Waals surface area (Å²) >= 11 is 6.11. The Hall–Kier alpha value is -1.93. The molecule has 3 rings (SSSR count). The van der Waals surface area contributed by atoms with E-state index in [-0.39, 0.29) is 24.0 Å². The Morgan fingerprint density at radius 1 is 1.23 bits per heavy atom. The lowest BCUT2D eigenvalue weighted by Gasteiger charge is -2.18. The summed E-state index contributed by atoms with van der Waals surface area (Å²) in [6.07, 6.45) is 4.35. The van der Waals surface area contributed by atoms with Gasteiger partial charge in [-0.1, -0.05) is 35.9 Å². The normalized spacial score (nSPS) is 13.5. The molecule has 138 valence electrons. The van der Waals surface area contributed by atoms with Crippen molar-refractivity contribution in [1.82, 2.24) is 0 Å². The molecule has 0 saturated carbocycles. The van der Waals surface area contributed by atoms with Gasteiger partial charge in [-0.3, -0.25) is 0 Å². The monoisotopic (exact) mass is 484 g/mol. The number of nitrogens with one attached hydrogen (secondary N) is 1. The van der Waals surface area contributed by atoms with E-state index in [1.54, 1.807) is 19.2 Å². The summed E-state index contributed by atoms with van der Waals surface area (Å²) in [4.78, 5) is 6.70. The van der Waals surface area contributed by atoms with Crippen molar-refractivity contribution in [3.05, 3.63) is 65.2 Å². The maximum Gasteiger partial charge on any atom is 0.193 e. The Labute approximate surface area is 175 Å². The lowest BCUT2D eigenvalue weighted by Crippen LogP contribution is -2.22. The van der Waals surface area contributed by atoms with Gasteiger partial charge in [-0.25, -0.2) is 4.99 Å². The largest absolute Gasteiger partial charge is 0.495 e. The third-order valence-electron chi connectivity index (χ3n) is 3.95. The number of halogens is 2. The molecule has 0 atom stereocenters. The maximum atomic E-state index is 6.11. The van der Waals surface area contributed by atoms with Crippen molar-refractivity contribution >= 4 is 52.9 Å². The summed E-state index contributed by atoms with van der Waals surface area (Å²) in [5.41, 5.74) is 9.06. The van der Waals surface area contributed by atoms with Crippen molar-refractivity contribution < 1.29 is 4.74 Å². The predicted molar refractivity (Wildman–Crippen MR) is 120 cm³/mol. The zero-order valence-corrected chi connectivity index (χ0v) is 17.6. The number of rotatable bonds is 5. The van der Waals surface area contributed by atoms with Gasteiger partial charge >= 0.3 is 0 Å². The number of aliphatic imine (C=N–C) groups is 1. The van der Waals surface area contributed by atoms with Crippen LogP contribution in [0.15, 0.2) is 59.6 Å². The molecule has 1 aliphatic heterocycles. The van der Waals surface area contributed by atoms with E-state index >= 15 is 0 Å². The van der Waals surface area contributed by atoms with E-state index in [9.17, 15) is 0 Å². The van der Waals surface area contributed by atoms with Crippen molar-refractivity contribution in [2.45, 2.75) is 6.54 Å². The van der Waals surface area contributed by atoms with Gasteiger partial charge in [-0.15, -0.1) is 24.0 Å². The van der Waals surface area contributed by atoms with Crippen LogP contribution >= 0.6 is 35.6 Å². The summed E-state index contributed by atoms with van der Waals surface area (Å²) < 4.78 is 5.13. The Morgan fingerprint density at radius 3 is 2.69 bits per heavy atom. The third kappa shape index (κ3) is 5.28. The summed E-state index contributed by atoms with van der Waals surface area (Å²) in [5, 5.41) is 3.56. The van der Waals surface area contributed by atoms with Gasteiger partial charge in [0, 0.05) is 24.5 Å². The molecule has 26 heavy (non-hydrogen) atoms. The Balaban J connectivity index is 0.00000243. The van der Waals surface area contributed by atoms with Gasteiger partial charge in [0.1, 0.15) is 5.75 Å². The number of hydrogen-bond donors (Lipinski definition) is 2. The highest BCUT2D eigenvalue weighted by atomic mass is 127. The number of hydrogen-bond acceptors (Lipinski definition) is 3. The molecule has 0 bridgehead atoms. The number of nitrogens with zero attached hydrogens (tertiary/aromatic N) is 2. The molecule has 5 nitrogen and oxygen atoms in total. The molecule has 0 aromatic heterocycles. The molecule has 0 radical (unpaired) electrons. The highest BCUT2D eigenvalue weighted by Crippen LogP contribution is 2.27. The highest BCUT2D eigenvalue weighted by molar-refractivity contribution is 14.0. The van der Waals surface area contributed by atoms with Gasteiger partial charge in [0.05, 0.1) is 18.7 Å². The second-order valence-corrected chi connectivity index (χ2v) is 6.13. The smallest absolute Gasteiger partial charge is 0.193 e. The highest BCUT2D eigenvalue weighted by Gasteiger charge is 2.08. The molecular weight excluding hydrogens is 463 g/mol. The molecule has 0 amide bonds. The SMILES string of the molecule is COc1ccc(NC(N)=NCc2cccc(N3CC=CC3)c2)cc1Cl.I. The second-order valence-electron chi connectivity index (χ2n) is 5.72. The molecule has 1 heterocycles. The topological polar surface area (TPSA) is 62.9 Å². The van der Waals surface area contributed by atoms with Crippen molar-refractivity contribution in [2.24, 2.45) is 10.7 Å². The lowest BCUT2D eigenvalue weighted by atomic mass is 10.2. The zero-order valence-electron chi connectivity index (χ0n) is 14.5. The fourth-order valence-electron chi connectivity index (χ4n) is 2.65. The van der Waals surface area contributed by atoms with Gasteiger partial charge < -0.3 is 20.7 Å². The summed E-state index contributed by atoms with van der Waals surface area (Å²) in [7, 11) is 1.58. The minimum Gasteiger partial charge on any atom is -0.495 e. The Morgan fingerprint density at radius 2 is 2.00 bits per heavy atom. The van der Waals surface area contributed by atoms with Crippen LogP contribution < -0.4 is 20.7 Å². The standard InChI is InChI=1S/C19H21ClN4O.HI/c1-25-18-8-7-15(12-17(18)20)23-19(21)22-13-14-5-4-6-16(11-14)24-9-2-3-10-24;/h2-8,11-12H,9-10,13H2,1H3,(H3,21,22,23);1H. The number of anilines is 2. The first-order valence-electron chi connectivity index (χ1n) is 8.05. The molecule has 0 spiro atoms. The fourth-order valence-corrected chi connectivity index (χ4v) is 2.91. The molecule has 3 N–H and O–H groups in total. The zero-order chi connectivity index (χ0) is 17.6. The summed E-state index contributed by atoms with van der Waals surface area (Å²) in [6, 6.07) is 13.7. The molecule has 0 aliphatic carbocycles. The molecule has 0 saturated heterocycles. The van der Waals surface area contributed by atoms with Crippen LogP contribution in [0.3, 0.4) is 0 Å². The van der Waals surface area contributed by atoms with Crippen LogP contribution in [0.2, 0.25) is 5.02 Å². The van der Waals surface area contributed by atoms with Crippen LogP contribution in [0.25, 0.3) is 0 Å². The molecule has 7 heteroatoms. The first-order chi connectivity index (χ1) is 12.2. The van der Waals surface area contributed by atoms with Crippen LogP contribution in [0.1, 0.15) is 5.56 Å². The van der Waals surface area contributed by atoms with Crippen LogP contribution in [-0.2, 0) is 6.54 Å². The average molecular weight is 485 g/mol. The van der Waals surface area contributed by atoms with Gasteiger partial charge in [0.2, 0.25) is 0 Å². The third-order valence-corrected chi connectivity index (χ3v) is 4.25. The van der Waals surface area contributed by atoms with E-state index in [0.29, 0.717) is 23.3 Å². The molecule has 0 unspecified atom stereocenters. The van der Waals surface area contributed by atoms with Crippen molar-refractivity contribution in [2.75, 3.05) is 30.4 Å². The first-order valence-corrected chi connectivity index (χ1v) is 8.43. The van der Waals surface area contributed by atoms with Gasteiger partial charge in [0.25, 0.3) is 0 Å². The van der Waals surface area contributed by atoms with E-state index in [2.05, 4.69) is 39.5 Å². The number of nitrogens with two attached hydrogens (primary N) is 1. The summed E-state index contributed by atoms with van der Waals surface area (Å²) in [5.74, 6) is 0.963.